The maximum Gasteiger partial charge on any atom is 0.267 e. The Kier molecular flexibility index (Phi) is 3.11. The van der Waals surface area contributed by atoms with Crippen molar-refractivity contribution >= 4 is 52.1 Å². The molecule has 2 aromatic carbocycles. The number of amides is 1. The van der Waals surface area contributed by atoms with Gasteiger partial charge in [0.15, 0.2) is 0 Å². The molecule has 22 heavy (non-hydrogen) atoms. The second kappa shape index (κ2) is 4.91. The number of rotatable bonds is 1. The first-order chi connectivity index (χ1) is 10.6. The number of halogens is 2. The van der Waals surface area contributed by atoms with E-state index in [1.165, 1.54) is 11.8 Å². The first-order valence-corrected chi connectivity index (χ1v) is 8.13. The van der Waals surface area contributed by atoms with Gasteiger partial charge in [-0.05, 0) is 11.6 Å². The molecule has 1 atom stereocenters. The van der Waals surface area contributed by atoms with E-state index in [1.807, 2.05) is 30.3 Å². The molecule has 110 valence electrons. The summed E-state index contributed by atoms with van der Waals surface area (Å²) in [6, 6.07) is 11.5. The topological polar surface area (TPSA) is 53.5 Å². The molecule has 2 aliphatic heterocycles. The highest BCUT2D eigenvalue weighted by atomic mass is 35.5. The Bertz CT molecular complexity index is 815. The van der Waals surface area contributed by atoms with Crippen molar-refractivity contribution in [2.24, 2.45) is 5.10 Å². The number of carbonyl (C=O) groups excluding carboxylic acids is 1. The Labute approximate surface area is 140 Å². The van der Waals surface area contributed by atoms with Crippen LogP contribution < -0.4 is 10.7 Å². The summed E-state index contributed by atoms with van der Waals surface area (Å²) in [5.74, 6) is -0.223. The van der Waals surface area contributed by atoms with E-state index < -0.39 is 4.87 Å². The monoisotopic (exact) mass is 349 g/mol. The minimum absolute atomic E-state index is 0.223. The molecule has 7 heteroatoms. The number of carbonyl (C=O) groups is 1. The van der Waals surface area contributed by atoms with E-state index in [4.69, 9.17) is 23.2 Å². The second-order valence-corrected chi connectivity index (χ2v) is 6.78. The molecule has 0 saturated carbocycles. The molecule has 0 saturated heterocycles. The summed E-state index contributed by atoms with van der Waals surface area (Å²) in [6.45, 7) is 0. The third-order valence-corrected chi connectivity index (χ3v) is 5.45. The molecule has 1 spiro atoms. The van der Waals surface area contributed by atoms with Gasteiger partial charge in [0.05, 0.1) is 21.3 Å². The molecule has 2 N–H and O–H groups in total. The Morgan fingerprint density at radius 2 is 1.95 bits per heavy atom. The normalized spacial score (nSPS) is 21.8. The van der Waals surface area contributed by atoms with E-state index in [9.17, 15) is 4.79 Å². The van der Waals surface area contributed by atoms with Gasteiger partial charge in [0.25, 0.3) is 5.91 Å². The predicted octanol–water partition coefficient (Wildman–Crippen LogP) is 4.05. The first-order valence-electron chi connectivity index (χ1n) is 6.49. The lowest BCUT2D eigenvalue weighted by atomic mass is 9.99. The summed E-state index contributed by atoms with van der Waals surface area (Å²) >= 11 is 14.3. The molecule has 4 nitrogen and oxygen atoms in total. The fourth-order valence-corrected chi connectivity index (χ4v) is 4.25. The van der Waals surface area contributed by atoms with Crippen LogP contribution in [0.1, 0.15) is 5.56 Å². The number of nitrogens with zero attached hydrogens (tertiary/aromatic N) is 1. The SMILES string of the molecule is O=C1Nc2c(Cl)cc(-c3ccccc3)c(Cl)c2C12NN=CS2. The van der Waals surface area contributed by atoms with Crippen LogP contribution in [0.2, 0.25) is 10.0 Å². The zero-order valence-corrected chi connectivity index (χ0v) is 13.4. The maximum absolute atomic E-state index is 12.4. The van der Waals surface area contributed by atoms with Crippen molar-refractivity contribution in [1.29, 1.82) is 0 Å². The van der Waals surface area contributed by atoms with Crippen molar-refractivity contribution in [1.82, 2.24) is 5.43 Å². The third-order valence-electron chi connectivity index (χ3n) is 3.72. The second-order valence-electron chi connectivity index (χ2n) is 4.94. The molecule has 0 bridgehead atoms. The number of anilines is 1. The average molecular weight is 350 g/mol. The van der Waals surface area contributed by atoms with Gasteiger partial charge in [-0.25, -0.2) is 0 Å². The van der Waals surface area contributed by atoms with E-state index in [1.54, 1.807) is 11.6 Å². The number of hydrogen-bond donors (Lipinski definition) is 2. The van der Waals surface area contributed by atoms with Gasteiger partial charge in [-0.15, -0.1) is 0 Å². The lowest BCUT2D eigenvalue weighted by molar-refractivity contribution is -0.118. The summed E-state index contributed by atoms with van der Waals surface area (Å²) in [4.78, 5) is 11.4. The maximum atomic E-state index is 12.4. The van der Waals surface area contributed by atoms with Crippen LogP contribution in [0.25, 0.3) is 11.1 Å². The smallest absolute Gasteiger partial charge is 0.267 e. The van der Waals surface area contributed by atoms with E-state index in [0.29, 0.717) is 21.3 Å². The zero-order chi connectivity index (χ0) is 15.3. The van der Waals surface area contributed by atoms with Gasteiger partial charge >= 0.3 is 0 Å². The predicted molar refractivity (Wildman–Crippen MR) is 91.4 cm³/mol. The number of fused-ring (bicyclic) bond motifs is 2. The molecular formula is C15H9Cl2N3OS. The van der Waals surface area contributed by atoms with Crippen molar-refractivity contribution < 1.29 is 4.79 Å². The molecule has 2 aromatic rings. The third kappa shape index (κ3) is 1.79. The van der Waals surface area contributed by atoms with Crippen LogP contribution in [0.4, 0.5) is 5.69 Å². The molecule has 2 heterocycles. The van der Waals surface area contributed by atoms with Crippen molar-refractivity contribution in [2.75, 3.05) is 5.32 Å². The Balaban J connectivity index is 1.99. The molecule has 0 aliphatic carbocycles. The van der Waals surface area contributed by atoms with E-state index in [-0.39, 0.29) is 5.91 Å². The summed E-state index contributed by atoms with van der Waals surface area (Å²) in [5.41, 5.74) is 7.36. The molecule has 1 unspecified atom stereocenters. The van der Waals surface area contributed by atoms with Gasteiger partial charge in [0, 0.05) is 11.1 Å². The molecule has 0 aromatic heterocycles. The molecular weight excluding hydrogens is 341 g/mol. The highest BCUT2D eigenvalue weighted by Crippen LogP contribution is 2.53. The lowest BCUT2D eigenvalue weighted by Crippen LogP contribution is -2.39. The molecule has 2 aliphatic rings. The summed E-state index contributed by atoms with van der Waals surface area (Å²) in [5, 5.41) is 7.72. The van der Waals surface area contributed by atoms with E-state index in [0.717, 1.165) is 11.1 Å². The van der Waals surface area contributed by atoms with Crippen LogP contribution in [0.3, 0.4) is 0 Å². The van der Waals surface area contributed by atoms with Gasteiger partial charge in [-0.2, -0.15) is 5.10 Å². The minimum Gasteiger partial charge on any atom is -0.321 e. The molecule has 0 radical (unpaired) electrons. The molecule has 4 rings (SSSR count). The minimum atomic E-state index is -1.04. The standard InChI is InChI=1S/C15H9Cl2N3OS/c16-10-6-9(8-4-2-1-3-5-8)12(17)11-13(10)19-14(21)15(11)20-18-7-22-15/h1-7,20H,(H,19,21). The van der Waals surface area contributed by atoms with Gasteiger partial charge in [0.2, 0.25) is 4.87 Å². The van der Waals surface area contributed by atoms with Crippen molar-refractivity contribution in [3.63, 3.8) is 0 Å². The molecule has 1 amide bonds. The summed E-state index contributed by atoms with van der Waals surface area (Å²) < 4.78 is 0. The van der Waals surface area contributed by atoms with Gasteiger partial charge in [-0.3, -0.25) is 10.2 Å². The lowest BCUT2D eigenvalue weighted by Gasteiger charge is -2.22. The number of nitrogens with one attached hydrogen (secondary N) is 2. The van der Waals surface area contributed by atoms with Gasteiger partial charge in [-0.1, -0.05) is 65.3 Å². The van der Waals surface area contributed by atoms with Crippen LogP contribution in [0.5, 0.6) is 0 Å². The van der Waals surface area contributed by atoms with Crippen molar-refractivity contribution in [2.45, 2.75) is 4.87 Å². The Hall–Kier alpha value is -1.69. The van der Waals surface area contributed by atoms with Gasteiger partial charge in [0.1, 0.15) is 0 Å². The van der Waals surface area contributed by atoms with Crippen LogP contribution >= 0.6 is 35.0 Å². The Morgan fingerprint density at radius 1 is 1.18 bits per heavy atom. The summed E-state index contributed by atoms with van der Waals surface area (Å²) in [6.07, 6.45) is 0. The van der Waals surface area contributed by atoms with Gasteiger partial charge < -0.3 is 5.32 Å². The Morgan fingerprint density at radius 3 is 2.64 bits per heavy atom. The molecule has 0 fully saturated rings. The number of thioether (sulfide) groups is 1. The highest BCUT2D eigenvalue weighted by Gasteiger charge is 2.52. The fourth-order valence-electron chi connectivity index (χ4n) is 2.69. The largest absolute Gasteiger partial charge is 0.321 e. The average Bonchev–Trinajstić information content (AvgIpc) is 3.12. The number of hydrazone groups is 1. The van der Waals surface area contributed by atoms with Crippen molar-refractivity contribution in [3.05, 3.63) is 52.0 Å². The van der Waals surface area contributed by atoms with Crippen LogP contribution in [0.15, 0.2) is 41.5 Å². The quantitative estimate of drug-likeness (QED) is 0.816. The fraction of sp³-hybridized carbons (Fsp3) is 0.0667. The summed E-state index contributed by atoms with van der Waals surface area (Å²) in [7, 11) is 0. The number of benzene rings is 2. The van der Waals surface area contributed by atoms with E-state index >= 15 is 0 Å². The van der Waals surface area contributed by atoms with Crippen LogP contribution in [-0.2, 0) is 9.67 Å². The van der Waals surface area contributed by atoms with Crippen molar-refractivity contribution in [3.8, 4) is 11.1 Å². The van der Waals surface area contributed by atoms with Crippen LogP contribution in [0, 0.1) is 0 Å². The van der Waals surface area contributed by atoms with E-state index in [2.05, 4.69) is 15.8 Å². The van der Waals surface area contributed by atoms with Crippen LogP contribution in [-0.4, -0.2) is 11.5 Å². The highest BCUT2D eigenvalue weighted by molar-refractivity contribution is 8.13. The zero-order valence-electron chi connectivity index (χ0n) is 11.1. The number of hydrogen-bond acceptors (Lipinski definition) is 4. The first kappa shape index (κ1) is 13.9.